The van der Waals surface area contributed by atoms with Gasteiger partial charge < -0.3 is 19.1 Å². The second kappa shape index (κ2) is 8.34. The van der Waals surface area contributed by atoms with Crippen molar-refractivity contribution in [3.05, 3.63) is 53.6 Å². The fourth-order valence-corrected chi connectivity index (χ4v) is 3.33. The second-order valence-corrected chi connectivity index (χ2v) is 6.91. The Kier molecular flexibility index (Phi) is 5.46. The summed E-state index contributed by atoms with van der Waals surface area (Å²) >= 11 is 0. The molecule has 7 heteroatoms. The molecule has 2 heterocycles. The van der Waals surface area contributed by atoms with Crippen LogP contribution < -0.4 is 14.4 Å². The van der Waals surface area contributed by atoms with E-state index in [-0.39, 0.29) is 18.3 Å². The van der Waals surface area contributed by atoms with Gasteiger partial charge in [0.05, 0.1) is 18.8 Å². The van der Waals surface area contributed by atoms with Crippen molar-refractivity contribution in [1.82, 2.24) is 0 Å². The van der Waals surface area contributed by atoms with Crippen LogP contribution in [0.4, 0.5) is 5.69 Å². The number of nitrogens with zero attached hydrogens (tertiary/aromatic N) is 1. The van der Waals surface area contributed by atoms with Crippen molar-refractivity contribution in [3.8, 4) is 11.5 Å². The van der Waals surface area contributed by atoms with E-state index in [1.165, 1.54) is 0 Å². The summed E-state index contributed by atoms with van der Waals surface area (Å²) < 4.78 is 16.3. The van der Waals surface area contributed by atoms with Gasteiger partial charge in [-0.1, -0.05) is 0 Å². The number of ether oxygens (including phenoxy) is 3. The van der Waals surface area contributed by atoms with E-state index in [9.17, 15) is 14.4 Å². The zero-order valence-electron chi connectivity index (χ0n) is 15.9. The third kappa shape index (κ3) is 4.23. The number of esters is 1. The van der Waals surface area contributed by atoms with E-state index in [1.807, 2.05) is 0 Å². The van der Waals surface area contributed by atoms with E-state index in [0.29, 0.717) is 48.8 Å². The molecule has 0 spiro atoms. The Morgan fingerprint density at radius 3 is 2.38 bits per heavy atom. The van der Waals surface area contributed by atoms with Gasteiger partial charge in [-0.3, -0.25) is 9.59 Å². The molecule has 0 radical (unpaired) electrons. The summed E-state index contributed by atoms with van der Waals surface area (Å²) in [5.74, 6) is 0.292. The molecule has 0 bridgehead atoms. The molecular weight excluding hydrogens is 374 g/mol. The molecular formula is C22H21NO6. The largest absolute Gasteiger partial charge is 0.490 e. The molecule has 1 amide bonds. The smallest absolute Gasteiger partial charge is 0.338 e. The number of hydrogen-bond acceptors (Lipinski definition) is 6. The van der Waals surface area contributed by atoms with E-state index < -0.39 is 5.97 Å². The monoisotopic (exact) mass is 395 g/mol. The van der Waals surface area contributed by atoms with Crippen molar-refractivity contribution in [2.24, 2.45) is 0 Å². The van der Waals surface area contributed by atoms with Gasteiger partial charge in [-0.25, -0.2) is 4.79 Å². The minimum Gasteiger partial charge on any atom is -0.490 e. The standard InChI is InChI=1S/C22H21NO6/c24-18(16-6-9-19-20(13-16)28-12-2-11-27-19)14-29-22(26)15-4-7-17(8-5-15)23-10-1-3-21(23)25/h4-9,13H,1-3,10-12,14H2. The van der Waals surface area contributed by atoms with Crippen molar-refractivity contribution >= 4 is 23.3 Å². The van der Waals surface area contributed by atoms with Crippen LogP contribution in [0.3, 0.4) is 0 Å². The summed E-state index contributed by atoms with van der Waals surface area (Å²) in [6.07, 6.45) is 2.16. The van der Waals surface area contributed by atoms with Crippen LogP contribution in [0.5, 0.6) is 11.5 Å². The van der Waals surface area contributed by atoms with Crippen molar-refractivity contribution < 1.29 is 28.6 Å². The molecule has 0 saturated carbocycles. The van der Waals surface area contributed by atoms with Gasteiger partial charge in [-0.05, 0) is 48.9 Å². The molecule has 0 atom stereocenters. The summed E-state index contributed by atoms with van der Waals surface area (Å²) in [5.41, 5.74) is 1.48. The molecule has 1 fully saturated rings. The Balaban J connectivity index is 1.36. The van der Waals surface area contributed by atoms with Crippen LogP contribution in [0, 0.1) is 0 Å². The summed E-state index contributed by atoms with van der Waals surface area (Å²) in [7, 11) is 0. The van der Waals surface area contributed by atoms with Crippen LogP contribution in [0.15, 0.2) is 42.5 Å². The lowest BCUT2D eigenvalue weighted by Crippen LogP contribution is -2.23. The quantitative estimate of drug-likeness (QED) is 0.572. The molecule has 0 aromatic heterocycles. The van der Waals surface area contributed by atoms with E-state index in [1.54, 1.807) is 47.4 Å². The summed E-state index contributed by atoms with van der Waals surface area (Å²) in [5, 5.41) is 0. The van der Waals surface area contributed by atoms with Gasteiger partial charge in [-0.15, -0.1) is 0 Å². The van der Waals surface area contributed by atoms with Crippen LogP contribution in [-0.4, -0.2) is 44.0 Å². The minimum atomic E-state index is -0.591. The summed E-state index contributed by atoms with van der Waals surface area (Å²) in [6, 6.07) is 11.6. The van der Waals surface area contributed by atoms with Crippen LogP contribution >= 0.6 is 0 Å². The number of anilines is 1. The Labute approximate surface area is 168 Å². The summed E-state index contributed by atoms with van der Waals surface area (Å²) in [6.45, 7) is 1.42. The fraction of sp³-hybridized carbons (Fsp3) is 0.318. The van der Waals surface area contributed by atoms with Gasteiger partial charge in [0.2, 0.25) is 5.91 Å². The molecule has 2 aromatic carbocycles. The summed E-state index contributed by atoms with van der Waals surface area (Å²) in [4.78, 5) is 38.1. The molecule has 0 unspecified atom stereocenters. The lowest BCUT2D eigenvalue weighted by molar-refractivity contribution is -0.117. The number of rotatable bonds is 5. The predicted molar refractivity (Wildman–Crippen MR) is 105 cm³/mol. The van der Waals surface area contributed by atoms with Gasteiger partial charge in [0, 0.05) is 30.6 Å². The highest BCUT2D eigenvalue weighted by Crippen LogP contribution is 2.30. The molecule has 2 aliphatic rings. The molecule has 150 valence electrons. The number of fused-ring (bicyclic) bond motifs is 1. The first kappa shape index (κ1) is 19.0. The number of amides is 1. The highest BCUT2D eigenvalue weighted by Gasteiger charge is 2.22. The maximum Gasteiger partial charge on any atom is 0.338 e. The number of hydrogen-bond donors (Lipinski definition) is 0. The third-order valence-electron chi connectivity index (χ3n) is 4.89. The van der Waals surface area contributed by atoms with Gasteiger partial charge in [-0.2, -0.15) is 0 Å². The Hall–Kier alpha value is -3.35. The maximum absolute atomic E-state index is 12.4. The minimum absolute atomic E-state index is 0.0843. The Bertz CT molecular complexity index is 937. The van der Waals surface area contributed by atoms with Gasteiger partial charge in [0.1, 0.15) is 0 Å². The lowest BCUT2D eigenvalue weighted by Gasteiger charge is -2.15. The van der Waals surface area contributed by atoms with E-state index in [4.69, 9.17) is 14.2 Å². The molecule has 0 N–H and O–H groups in total. The normalized spacial score (nSPS) is 15.7. The van der Waals surface area contributed by atoms with Gasteiger partial charge in [0.25, 0.3) is 0 Å². The van der Waals surface area contributed by atoms with Crippen LogP contribution in [0.25, 0.3) is 0 Å². The molecule has 7 nitrogen and oxygen atoms in total. The topological polar surface area (TPSA) is 82.1 Å². The first-order chi connectivity index (χ1) is 14.1. The molecule has 0 aliphatic carbocycles. The average molecular weight is 395 g/mol. The fourth-order valence-electron chi connectivity index (χ4n) is 3.33. The zero-order chi connectivity index (χ0) is 20.2. The lowest BCUT2D eigenvalue weighted by atomic mass is 10.1. The second-order valence-electron chi connectivity index (χ2n) is 6.91. The van der Waals surface area contributed by atoms with Crippen molar-refractivity contribution in [1.29, 1.82) is 0 Å². The molecule has 2 aliphatic heterocycles. The third-order valence-corrected chi connectivity index (χ3v) is 4.89. The number of benzene rings is 2. The number of carbonyl (C=O) groups is 3. The van der Waals surface area contributed by atoms with Crippen LogP contribution in [-0.2, 0) is 9.53 Å². The molecule has 2 aromatic rings. The Morgan fingerprint density at radius 2 is 1.66 bits per heavy atom. The first-order valence-corrected chi connectivity index (χ1v) is 9.62. The van der Waals surface area contributed by atoms with E-state index in [2.05, 4.69) is 0 Å². The van der Waals surface area contributed by atoms with Crippen LogP contribution in [0.1, 0.15) is 40.0 Å². The average Bonchev–Trinajstić information content (AvgIpc) is 3.04. The number of carbonyl (C=O) groups excluding carboxylic acids is 3. The Morgan fingerprint density at radius 1 is 0.931 bits per heavy atom. The van der Waals surface area contributed by atoms with Crippen molar-refractivity contribution in [2.75, 3.05) is 31.3 Å². The number of Topliss-reactive ketones (excluding diaryl/α,β-unsaturated/α-hetero) is 1. The van der Waals surface area contributed by atoms with E-state index >= 15 is 0 Å². The van der Waals surface area contributed by atoms with Gasteiger partial charge in [0.15, 0.2) is 23.9 Å². The van der Waals surface area contributed by atoms with E-state index in [0.717, 1.165) is 18.5 Å². The predicted octanol–water partition coefficient (Wildman–Crippen LogP) is 3.01. The first-order valence-electron chi connectivity index (χ1n) is 9.62. The molecule has 4 rings (SSSR count). The van der Waals surface area contributed by atoms with Crippen molar-refractivity contribution in [2.45, 2.75) is 19.3 Å². The SMILES string of the molecule is O=C(COC(=O)c1ccc(N2CCCC2=O)cc1)c1ccc2c(c1)OCCCO2. The zero-order valence-corrected chi connectivity index (χ0v) is 15.9. The highest BCUT2D eigenvalue weighted by molar-refractivity contribution is 6.00. The molecule has 1 saturated heterocycles. The molecule has 29 heavy (non-hydrogen) atoms. The van der Waals surface area contributed by atoms with Gasteiger partial charge >= 0.3 is 5.97 Å². The van der Waals surface area contributed by atoms with Crippen LogP contribution in [0.2, 0.25) is 0 Å². The number of ketones is 1. The maximum atomic E-state index is 12.4. The highest BCUT2D eigenvalue weighted by atomic mass is 16.5. The van der Waals surface area contributed by atoms with Crippen molar-refractivity contribution in [3.63, 3.8) is 0 Å².